The maximum atomic E-state index is 10.6. The molecule has 0 bridgehead atoms. The Morgan fingerprint density at radius 1 is 1.28 bits per heavy atom. The molecule has 0 aromatic heterocycles. The number of fused-ring (bicyclic) bond motifs is 1. The van der Waals surface area contributed by atoms with Crippen molar-refractivity contribution < 1.29 is 9.53 Å². The van der Waals surface area contributed by atoms with Gasteiger partial charge in [0.1, 0.15) is 12.0 Å². The Balaban J connectivity index is 2.06. The van der Waals surface area contributed by atoms with E-state index < -0.39 is 0 Å². The molecule has 4 nitrogen and oxygen atoms in total. The minimum absolute atomic E-state index is 0.449. The third kappa shape index (κ3) is 5.38. The van der Waals surface area contributed by atoms with Gasteiger partial charge in [0, 0.05) is 24.4 Å². The summed E-state index contributed by atoms with van der Waals surface area (Å²) in [7, 11) is 2.18. The number of unbranched alkanes of at least 4 members (excludes halogenated alkanes) is 1. The highest BCUT2D eigenvalue weighted by molar-refractivity contribution is 7.98. The van der Waals surface area contributed by atoms with Crippen molar-refractivity contribution in [3.05, 3.63) is 54.8 Å². The van der Waals surface area contributed by atoms with Gasteiger partial charge >= 0.3 is 0 Å². The number of ether oxygens (including phenoxy) is 1. The monoisotopic (exact) mass is 428 g/mol. The van der Waals surface area contributed by atoms with E-state index in [0.717, 1.165) is 34.8 Å². The minimum atomic E-state index is 0.449. The predicted molar refractivity (Wildman–Crippen MR) is 124 cm³/mol. The molecule has 1 aliphatic heterocycles. The summed E-state index contributed by atoms with van der Waals surface area (Å²) in [5.74, 6) is 0.773. The quantitative estimate of drug-likeness (QED) is 0.165. The molecule has 0 N–H and O–H groups in total. The third-order valence-corrected chi connectivity index (χ3v) is 6.87. The fourth-order valence-corrected chi connectivity index (χ4v) is 5.02. The summed E-state index contributed by atoms with van der Waals surface area (Å²) < 4.78 is 8.14. The Bertz CT molecular complexity index is 842. The van der Waals surface area contributed by atoms with Crippen LogP contribution in [0.2, 0.25) is 0 Å². The van der Waals surface area contributed by atoms with Crippen molar-refractivity contribution in [3.8, 4) is 5.75 Å². The number of likely N-dealkylation sites (N-methyl/N-ethyl adjacent to an activating group) is 1. The molecule has 154 valence electrons. The van der Waals surface area contributed by atoms with Crippen LogP contribution in [0.5, 0.6) is 5.75 Å². The predicted octanol–water partition coefficient (Wildman–Crippen LogP) is 6.15. The number of carbonyl (C=O) groups is 1. The number of nitrogens with zero attached hydrogens (tertiary/aromatic N) is 2. The lowest BCUT2D eigenvalue weighted by Crippen LogP contribution is -2.35. The molecule has 0 amide bonds. The molecule has 1 heterocycles. The standard InChI is InChI=1S/C23H28N2O2S2/c1-4-5-10-19-17-25(18-11-7-6-8-12-18)20-15-23(28-3)21(27-14-9-13-26)16-22(20)29-24(19)2/h6-9,11-16,19H,4-5,10,17H2,1-3H3/b14-9+. The zero-order valence-electron chi connectivity index (χ0n) is 17.2. The number of thioether (sulfide) groups is 1. The molecule has 0 saturated heterocycles. The van der Waals surface area contributed by atoms with Crippen molar-refractivity contribution in [1.82, 2.24) is 4.31 Å². The van der Waals surface area contributed by atoms with Gasteiger partial charge in [-0.25, -0.2) is 4.31 Å². The number of para-hydroxylation sites is 1. The fourth-order valence-electron chi connectivity index (χ4n) is 3.43. The van der Waals surface area contributed by atoms with Crippen LogP contribution in [0.25, 0.3) is 0 Å². The second kappa shape index (κ2) is 10.8. The molecule has 1 aliphatic rings. The third-order valence-electron chi connectivity index (χ3n) is 5.00. The number of hydrogen-bond acceptors (Lipinski definition) is 6. The van der Waals surface area contributed by atoms with E-state index in [1.807, 2.05) is 6.26 Å². The molecule has 0 aliphatic carbocycles. The van der Waals surface area contributed by atoms with E-state index in [9.17, 15) is 4.79 Å². The van der Waals surface area contributed by atoms with Gasteiger partial charge in [-0.1, -0.05) is 38.0 Å². The molecule has 0 radical (unpaired) electrons. The second-order valence-electron chi connectivity index (χ2n) is 6.93. The Labute approximate surface area is 182 Å². The Morgan fingerprint density at radius 3 is 2.76 bits per heavy atom. The summed E-state index contributed by atoms with van der Waals surface area (Å²) in [6, 6.07) is 15.3. The lowest BCUT2D eigenvalue weighted by atomic mass is 10.1. The summed E-state index contributed by atoms with van der Waals surface area (Å²) in [5, 5.41) is 0. The van der Waals surface area contributed by atoms with E-state index in [1.54, 1.807) is 23.7 Å². The normalized spacial score (nSPS) is 17.2. The van der Waals surface area contributed by atoms with Crippen LogP contribution in [0.3, 0.4) is 0 Å². The summed E-state index contributed by atoms with van der Waals surface area (Å²) in [6.07, 6.45) is 9.16. The van der Waals surface area contributed by atoms with Crippen molar-refractivity contribution in [2.24, 2.45) is 0 Å². The molecule has 1 unspecified atom stereocenters. The van der Waals surface area contributed by atoms with Crippen molar-refractivity contribution in [1.29, 1.82) is 0 Å². The maximum Gasteiger partial charge on any atom is 0.145 e. The first-order valence-electron chi connectivity index (χ1n) is 9.90. The number of anilines is 2. The van der Waals surface area contributed by atoms with Gasteiger partial charge in [0.2, 0.25) is 0 Å². The Hall–Kier alpha value is -1.89. The smallest absolute Gasteiger partial charge is 0.145 e. The van der Waals surface area contributed by atoms with Gasteiger partial charge < -0.3 is 9.64 Å². The molecular weight excluding hydrogens is 400 g/mol. The molecule has 6 heteroatoms. The highest BCUT2D eigenvalue weighted by Crippen LogP contribution is 2.45. The van der Waals surface area contributed by atoms with Crippen LogP contribution in [0.1, 0.15) is 26.2 Å². The van der Waals surface area contributed by atoms with Crippen LogP contribution in [0, 0.1) is 0 Å². The van der Waals surface area contributed by atoms with Gasteiger partial charge in [0.25, 0.3) is 0 Å². The van der Waals surface area contributed by atoms with Gasteiger partial charge in [-0.05, 0) is 55.9 Å². The molecule has 29 heavy (non-hydrogen) atoms. The van der Waals surface area contributed by atoms with E-state index in [0.29, 0.717) is 6.04 Å². The average molecular weight is 429 g/mol. The van der Waals surface area contributed by atoms with Crippen molar-refractivity contribution in [2.45, 2.75) is 42.0 Å². The molecule has 0 fully saturated rings. The number of hydrogen-bond donors (Lipinski definition) is 0. The first-order valence-corrected chi connectivity index (χ1v) is 11.9. The SMILES string of the molecule is CCCCC1CN(c2ccccc2)c2cc(SC)c(O/C=C/C=O)cc2SN1C. The first kappa shape index (κ1) is 21.8. The zero-order valence-corrected chi connectivity index (χ0v) is 18.8. The van der Waals surface area contributed by atoms with Crippen molar-refractivity contribution >= 4 is 41.4 Å². The van der Waals surface area contributed by atoms with Gasteiger partial charge in [-0.2, -0.15) is 0 Å². The van der Waals surface area contributed by atoms with Crippen LogP contribution in [-0.2, 0) is 4.79 Å². The van der Waals surface area contributed by atoms with Crippen molar-refractivity contribution in [3.63, 3.8) is 0 Å². The fraction of sp³-hybridized carbons (Fsp3) is 0.348. The van der Waals surface area contributed by atoms with Crippen molar-refractivity contribution in [2.75, 3.05) is 24.7 Å². The number of allylic oxidation sites excluding steroid dienone is 1. The van der Waals surface area contributed by atoms with E-state index in [4.69, 9.17) is 4.74 Å². The Kier molecular flexibility index (Phi) is 8.09. The van der Waals surface area contributed by atoms with E-state index in [2.05, 4.69) is 65.6 Å². The summed E-state index contributed by atoms with van der Waals surface area (Å²) in [5.41, 5.74) is 2.40. The van der Waals surface area contributed by atoms with Crippen LogP contribution in [-0.4, -0.2) is 36.5 Å². The summed E-state index contributed by atoms with van der Waals surface area (Å²) in [4.78, 5) is 15.2. The van der Waals surface area contributed by atoms with E-state index >= 15 is 0 Å². The molecular formula is C23H28N2O2S2. The number of aldehydes is 1. The number of carbonyl (C=O) groups excluding carboxylic acids is 1. The van der Waals surface area contributed by atoms with Crippen LogP contribution >= 0.6 is 23.7 Å². The Morgan fingerprint density at radius 2 is 2.07 bits per heavy atom. The lowest BCUT2D eigenvalue weighted by molar-refractivity contribution is -0.104. The van der Waals surface area contributed by atoms with Gasteiger partial charge in [0.15, 0.2) is 0 Å². The second-order valence-corrected chi connectivity index (χ2v) is 8.98. The molecule has 2 aromatic rings. The van der Waals surface area contributed by atoms with Gasteiger partial charge in [-0.3, -0.25) is 4.79 Å². The minimum Gasteiger partial charge on any atom is -0.464 e. The number of benzene rings is 2. The van der Waals surface area contributed by atoms with Crippen LogP contribution in [0.4, 0.5) is 11.4 Å². The first-order chi connectivity index (χ1) is 14.2. The highest BCUT2D eigenvalue weighted by Gasteiger charge is 2.28. The van der Waals surface area contributed by atoms with E-state index in [1.165, 1.54) is 36.6 Å². The molecule has 2 aromatic carbocycles. The topological polar surface area (TPSA) is 32.8 Å². The highest BCUT2D eigenvalue weighted by atomic mass is 32.2. The summed E-state index contributed by atoms with van der Waals surface area (Å²) in [6.45, 7) is 3.19. The molecule has 0 spiro atoms. The largest absolute Gasteiger partial charge is 0.464 e. The molecule has 1 atom stereocenters. The van der Waals surface area contributed by atoms with Gasteiger partial charge in [0.05, 0.1) is 21.7 Å². The zero-order chi connectivity index (χ0) is 20.6. The molecule has 0 saturated carbocycles. The lowest BCUT2D eigenvalue weighted by Gasteiger charge is -2.30. The summed E-state index contributed by atoms with van der Waals surface area (Å²) >= 11 is 3.42. The average Bonchev–Trinajstić information content (AvgIpc) is 2.88. The number of rotatable bonds is 8. The van der Waals surface area contributed by atoms with E-state index in [-0.39, 0.29) is 0 Å². The maximum absolute atomic E-state index is 10.6. The van der Waals surface area contributed by atoms with Crippen LogP contribution in [0.15, 0.2) is 64.6 Å². The van der Waals surface area contributed by atoms with Crippen LogP contribution < -0.4 is 9.64 Å². The van der Waals surface area contributed by atoms with Gasteiger partial charge in [-0.15, -0.1) is 11.8 Å². The molecule has 3 rings (SSSR count).